The van der Waals surface area contributed by atoms with Crippen LogP contribution in [0.2, 0.25) is 0 Å². The molecule has 0 bridgehead atoms. The number of nitrogens with one attached hydrogen (secondary N) is 1. The van der Waals surface area contributed by atoms with Crippen LogP contribution in [0.15, 0.2) is 24.3 Å². The summed E-state index contributed by atoms with van der Waals surface area (Å²) < 4.78 is 5.29. The van der Waals surface area contributed by atoms with E-state index in [1.165, 1.54) is 5.56 Å². The Morgan fingerprint density at radius 1 is 1.29 bits per heavy atom. The highest BCUT2D eigenvalue weighted by Gasteiger charge is 2.02. The summed E-state index contributed by atoms with van der Waals surface area (Å²) in [6.07, 6.45) is 2.11. The van der Waals surface area contributed by atoms with Crippen molar-refractivity contribution < 1.29 is 4.74 Å². The van der Waals surface area contributed by atoms with E-state index in [2.05, 4.69) is 24.4 Å². The minimum Gasteiger partial charge on any atom is -0.399 e. The molecule has 0 fully saturated rings. The third-order valence-electron chi connectivity index (χ3n) is 2.68. The first-order valence-electron chi connectivity index (χ1n) is 6.38. The van der Waals surface area contributed by atoms with Gasteiger partial charge in [0.15, 0.2) is 0 Å². The second-order valence-corrected chi connectivity index (χ2v) is 4.35. The summed E-state index contributed by atoms with van der Waals surface area (Å²) in [7, 11) is 0. The molecule has 17 heavy (non-hydrogen) atoms. The van der Waals surface area contributed by atoms with Gasteiger partial charge in [0.2, 0.25) is 0 Å². The quantitative estimate of drug-likeness (QED) is 0.537. The molecule has 96 valence electrons. The van der Waals surface area contributed by atoms with E-state index in [4.69, 9.17) is 10.5 Å². The van der Waals surface area contributed by atoms with Gasteiger partial charge in [0.25, 0.3) is 0 Å². The van der Waals surface area contributed by atoms with Gasteiger partial charge >= 0.3 is 0 Å². The van der Waals surface area contributed by atoms with Gasteiger partial charge in [-0.05, 0) is 50.9 Å². The van der Waals surface area contributed by atoms with Crippen molar-refractivity contribution in [1.82, 2.24) is 5.32 Å². The van der Waals surface area contributed by atoms with Gasteiger partial charge in [-0.2, -0.15) is 0 Å². The molecule has 3 nitrogen and oxygen atoms in total. The largest absolute Gasteiger partial charge is 0.399 e. The molecule has 0 aromatic heterocycles. The molecule has 1 aromatic rings. The van der Waals surface area contributed by atoms with Crippen molar-refractivity contribution in [2.24, 2.45) is 0 Å². The summed E-state index contributed by atoms with van der Waals surface area (Å²) in [5.41, 5.74) is 7.80. The molecule has 0 saturated heterocycles. The molecular weight excluding hydrogens is 212 g/mol. The molecule has 0 amide bonds. The zero-order chi connectivity index (χ0) is 12.5. The van der Waals surface area contributed by atoms with Crippen LogP contribution >= 0.6 is 0 Å². The van der Waals surface area contributed by atoms with Gasteiger partial charge in [0.05, 0.1) is 0 Å². The zero-order valence-corrected chi connectivity index (χ0v) is 10.9. The van der Waals surface area contributed by atoms with Crippen LogP contribution < -0.4 is 11.1 Å². The Hall–Kier alpha value is -1.06. The summed E-state index contributed by atoms with van der Waals surface area (Å²) in [6.45, 7) is 6.89. The van der Waals surface area contributed by atoms with Gasteiger partial charge in [-0.15, -0.1) is 0 Å². The Kier molecular flexibility index (Phi) is 6.67. The van der Waals surface area contributed by atoms with Crippen LogP contribution in [0.3, 0.4) is 0 Å². The molecule has 1 rings (SSSR count). The molecule has 0 aliphatic heterocycles. The standard InChI is InChI=1S/C14H24N2O/c1-3-17-10-4-9-16-12(2)11-13-5-7-14(15)8-6-13/h5-8,12,16H,3-4,9-11,15H2,1-2H3. The van der Waals surface area contributed by atoms with Gasteiger partial charge in [0.1, 0.15) is 0 Å². The SMILES string of the molecule is CCOCCCNC(C)Cc1ccc(N)cc1. The number of nitrogens with two attached hydrogens (primary N) is 1. The van der Waals surface area contributed by atoms with E-state index in [1.807, 2.05) is 19.1 Å². The molecule has 3 N–H and O–H groups in total. The number of anilines is 1. The number of nitrogen functional groups attached to an aromatic ring is 1. The van der Waals surface area contributed by atoms with E-state index in [0.717, 1.165) is 38.3 Å². The summed E-state index contributed by atoms with van der Waals surface area (Å²) in [5.74, 6) is 0. The predicted molar refractivity (Wildman–Crippen MR) is 73.1 cm³/mol. The lowest BCUT2D eigenvalue weighted by molar-refractivity contribution is 0.144. The van der Waals surface area contributed by atoms with Gasteiger partial charge < -0.3 is 15.8 Å². The highest BCUT2D eigenvalue weighted by molar-refractivity contribution is 5.39. The number of benzene rings is 1. The molecule has 0 aliphatic carbocycles. The Bertz CT molecular complexity index is 298. The molecule has 0 radical (unpaired) electrons. The Morgan fingerprint density at radius 3 is 2.65 bits per heavy atom. The fourth-order valence-corrected chi connectivity index (χ4v) is 1.75. The molecule has 0 heterocycles. The van der Waals surface area contributed by atoms with Crippen molar-refractivity contribution in [3.8, 4) is 0 Å². The van der Waals surface area contributed by atoms with Crippen LogP contribution in [0.5, 0.6) is 0 Å². The van der Waals surface area contributed by atoms with Gasteiger partial charge in [-0.25, -0.2) is 0 Å². The summed E-state index contributed by atoms with van der Waals surface area (Å²) >= 11 is 0. The first kappa shape index (κ1) is 14.0. The maximum absolute atomic E-state index is 5.65. The molecule has 0 spiro atoms. The Labute approximate surface area is 104 Å². The summed E-state index contributed by atoms with van der Waals surface area (Å²) in [5, 5.41) is 3.49. The van der Waals surface area contributed by atoms with E-state index in [1.54, 1.807) is 0 Å². The van der Waals surface area contributed by atoms with Gasteiger partial charge in [-0.1, -0.05) is 12.1 Å². The van der Waals surface area contributed by atoms with Crippen LogP contribution in [-0.2, 0) is 11.2 Å². The van der Waals surface area contributed by atoms with E-state index in [-0.39, 0.29) is 0 Å². The second kappa shape index (κ2) is 8.09. The monoisotopic (exact) mass is 236 g/mol. The van der Waals surface area contributed by atoms with E-state index >= 15 is 0 Å². The van der Waals surface area contributed by atoms with Crippen molar-refractivity contribution in [3.63, 3.8) is 0 Å². The Morgan fingerprint density at radius 2 is 2.00 bits per heavy atom. The fourth-order valence-electron chi connectivity index (χ4n) is 1.75. The normalized spacial score (nSPS) is 12.6. The third kappa shape index (κ3) is 6.29. The van der Waals surface area contributed by atoms with Crippen LogP contribution in [0, 0.1) is 0 Å². The minimum absolute atomic E-state index is 0.486. The third-order valence-corrected chi connectivity index (χ3v) is 2.68. The van der Waals surface area contributed by atoms with Crippen LogP contribution in [0.1, 0.15) is 25.8 Å². The average molecular weight is 236 g/mol. The fraction of sp³-hybridized carbons (Fsp3) is 0.571. The zero-order valence-electron chi connectivity index (χ0n) is 10.9. The van der Waals surface area contributed by atoms with Crippen molar-refractivity contribution in [2.45, 2.75) is 32.7 Å². The second-order valence-electron chi connectivity index (χ2n) is 4.35. The number of rotatable bonds is 8. The highest BCUT2D eigenvalue weighted by Crippen LogP contribution is 2.07. The van der Waals surface area contributed by atoms with Crippen molar-refractivity contribution in [3.05, 3.63) is 29.8 Å². The van der Waals surface area contributed by atoms with E-state index < -0.39 is 0 Å². The molecule has 1 unspecified atom stereocenters. The first-order valence-corrected chi connectivity index (χ1v) is 6.38. The number of hydrogen-bond donors (Lipinski definition) is 2. The molecule has 0 aliphatic rings. The summed E-state index contributed by atoms with van der Waals surface area (Å²) in [4.78, 5) is 0. The Balaban J connectivity index is 2.16. The van der Waals surface area contributed by atoms with Crippen molar-refractivity contribution in [1.29, 1.82) is 0 Å². The average Bonchev–Trinajstić information content (AvgIpc) is 2.32. The van der Waals surface area contributed by atoms with Crippen LogP contribution in [0.25, 0.3) is 0 Å². The molecule has 1 atom stereocenters. The lowest BCUT2D eigenvalue weighted by Crippen LogP contribution is -2.29. The maximum Gasteiger partial charge on any atom is 0.0477 e. The first-order chi connectivity index (χ1) is 8.22. The number of ether oxygens (including phenoxy) is 1. The van der Waals surface area contributed by atoms with Crippen molar-refractivity contribution in [2.75, 3.05) is 25.5 Å². The molecule has 3 heteroatoms. The minimum atomic E-state index is 0.486. The van der Waals surface area contributed by atoms with E-state index in [9.17, 15) is 0 Å². The van der Waals surface area contributed by atoms with Crippen LogP contribution in [-0.4, -0.2) is 25.8 Å². The maximum atomic E-state index is 5.65. The lowest BCUT2D eigenvalue weighted by atomic mass is 10.1. The molecule has 0 saturated carbocycles. The molecular formula is C14H24N2O. The number of hydrogen-bond acceptors (Lipinski definition) is 3. The topological polar surface area (TPSA) is 47.3 Å². The van der Waals surface area contributed by atoms with Gasteiger partial charge in [0, 0.05) is 24.9 Å². The smallest absolute Gasteiger partial charge is 0.0477 e. The molecule has 1 aromatic carbocycles. The lowest BCUT2D eigenvalue weighted by Gasteiger charge is -2.14. The highest BCUT2D eigenvalue weighted by atomic mass is 16.5. The van der Waals surface area contributed by atoms with Crippen molar-refractivity contribution >= 4 is 5.69 Å². The van der Waals surface area contributed by atoms with Crippen LogP contribution in [0.4, 0.5) is 5.69 Å². The predicted octanol–water partition coefficient (Wildman–Crippen LogP) is 2.22. The van der Waals surface area contributed by atoms with Gasteiger partial charge in [-0.3, -0.25) is 0 Å². The summed E-state index contributed by atoms with van der Waals surface area (Å²) in [6, 6.07) is 8.58. The van der Waals surface area contributed by atoms with E-state index in [0.29, 0.717) is 6.04 Å².